The summed E-state index contributed by atoms with van der Waals surface area (Å²) in [6.45, 7) is 5.18. The molecule has 0 fully saturated rings. The van der Waals surface area contributed by atoms with Gasteiger partial charge in [0.2, 0.25) is 0 Å². The van der Waals surface area contributed by atoms with E-state index in [2.05, 4.69) is 247 Å². The molecule has 11 rings (SSSR count). The third-order valence-electron chi connectivity index (χ3n) is 12.6. The smallest absolute Gasteiger partial charge is 0.345 e. The van der Waals surface area contributed by atoms with Crippen LogP contribution in [0, 0.1) is 12.1 Å². The summed E-state index contributed by atoms with van der Waals surface area (Å²) in [4.78, 5) is 9.84. The molecular formula is C58H44N4Pt. The Morgan fingerprint density at radius 2 is 1.16 bits per heavy atom. The summed E-state index contributed by atoms with van der Waals surface area (Å²) in [5, 5.41) is 2.29. The first kappa shape index (κ1) is 40.1. The normalized spacial score (nSPS) is 12.5. The Kier molecular flexibility index (Phi) is 10.6. The quantitative estimate of drug-likeness (QED) is 0.106. The molecule has 0 saturated heterocycles. The van der Waals surface area contributed by atoms with Gasteiger partial charge >= 0.3 is 21.1 Å². The minimum atomic E-state index is -0.794. The molecule has 3 heterocycles. The van der Waals surface area contributed by atoms with Crippen molar-refractivity contribution in [2.75, 3.05) is 16.5 Å². The van der Waals surface area contributed by atoms with Crippen molar-refractivity contribution in [2.24, 2.45) is 0 Å². The molecule has 0 aliphatic carbocycles. The van der Waals surface area contributed by atoms with E-state index in [-0.39, 0.29) is 21.1 Å². The van der Waals surface area contributed by atoms with Gasteiger partial charge in [0.05, 0.1) is 18.0 Å². The first-order chi connectivity index (χ1) is 30.6. The average Bonchev–Trinajstić information content (AvgIpc) is 3.89. The van der Waals surface area contributed by atoms with Crippen molar-refractivity contribution in [1.29, 1.82) is 0 Å². The molecule has 0 saturated carbocycles. The maximum Gasteiger partial charge on any atom is 2.00 e. The number of rotatable bonds is 9. The zero-order valence-electron chi connectivity index (χ0n) is 35.1. The molecule has 1 aliphatic heterocycles. The molecule has 0 unspecified atom stereocenters. The third-order valence-corrected chi connectivity index (χ3v) is 12.6. The summed E-state index contributed by atoms with van der Waals surface area (Å²) in [6.07, 6.45) is 1.94. The molecule has 0 spiro atoms. The zero-order valence-corrected chi connectivity index (χ0v) is 37.4. The van der Waals surface area contributed by atoms with Gasteiger partial charge in [-0.3, -0.25) is 0 Å². The van der Waals surface area contributed by atoms with Crippen molar-refractivity contribution >= 4 is 44.6 Å². The van der Waals surface area contributed by atoms with E-state index in [0.717, 1.165) is 72.5 Å². The second-order valence-corrected chi connectivity index (χ2v) is 16.4. The second kappa shape index (κ2) is 16.7. The Bertz CT molecular complexity index is 3170. The van der Waals surface area contributed by atoms with Gasteiger partial charge in [-0.05, 0) is 81.6 Å². The minimum Gasteiger partial charge on any atom is -0.345 e. The van der Waals surface area contributed by atoms with Crippen LogP contribution in [0.5, 0.6) is 0 Å². The number of benzene rings is 8. The Hall–Kier alpha value is -7.00. The van der Waals surface area contributed by atoms with E-state index in [0.29, 0.717) is 12.6 Å². The van der Waals surface area contributed by atoms with E-state index in [1.165, 1.54) is 16.8 Å². The van der Waals surface area contributed by atoms with Gasteiger partial charge < -0.3 is 14.4 Å². The van der Waals surface area contributed by atoms with Crippen LogP contribution in [0.2, 0.25) is 0 Å². The third kappa shape index (κ3) is 6.78. The summed E-state index contributed by atoms with van der Waals surface area (Å²) >= 11 is 0. The second-order valence-electron chi connectivity index (χ2n) is 16.4. The Balaban J connectivity index is 0.00000471. The van der Waals surface area contributed by atoms with Crippen molar-refractivity contribution in [1.82, 2.24) is 9.55 Å². The molecule has 0 atom stereocenters. The first-order valence-corrected chi connectivity index (χ1v) is 21.4. The van der Waals surface area contributed by atoms with E-state index in [1.807, 2.05) is 6.20 Å². The van der Waals surface area contributed by atoms with E-state index >= 15 is 0 Å². The van der Waals surface area contributed by atoms with Crippen LogP contribution in [0.1, 0.15) is 47.6 Å². The number of pyridine rings is 1. The van der Waals surface area contributed by atoms with E-state index in [4.69, 9.17) is 4.98 Å². The van der Waals surface area contributed by atoms with Gasteiger partial charge in [-0.25, -0.2) is 4.98 Å². The molecule has 0 N–H and O–H groups in total. The molecule has 0 amide bonds. The Morgan fingerprint density at radius 1 is 0.540 bits per heavy atom. The fourth-order valence-electron chi connectivity index (χ4n) is 9.71. The molecule has 1 aliphatic rings. The first-order valence-electron chi connectivity index (χ1n) is 21.4. The van der Waals surface area contributed by atoms with Crippen LogP contribution < -0.4 is 9.80 Å². The predicted molar refractivity (Wildman–Crippen MR) is 256 cm³/mol. The van der Waals surface area contributed by atoms with Crippen LogP contribution >= 0.6 is 0 Å². The van der Waals surface area contributed by atoms with Crippen LogP contribution in [0.4, 0.5) is 22.7 Å². The van der Waals surface area contributed by atoms with Crippen molar-refractivity contribution < 1.29 is 21.1 Å². The van der Waals surface area contributed by atoms with Crippen molar-refractivity contribution in [3.8, 4) is 16.9 Å². The van der Waals surface area contributed by atoms with Crippen molar-refractivity contribution in [3.63, 3.8) is 0 Å². The van der Waals surface area contributed by atoms with Crippen molar-refractivity contribution in [3.05, 3.63) is 252 Å². The monoisotopic (exact) mass is 991 g/mol. The zero-order chi connectivity index (χ0) is 41.6. The number of hydrogen-bond donors (Lipinski definition) is 0. The maximum atomic E-state index is 5.08. The van der Waals surface area contributed by atoms with E-state index in [9.17, 15) is 0 Å². The molecule has 0 radical (unpaired) electrons. The molecule has 10 aromatic rings. The number of nitrogens with zero attached hydrogens (tertiary/aromatic N) is 4. The minimum absolute atomic E-state index is 0. The van der Waals surface area contributed by atoms with Gasteiger partial charge in [-0.1, -0.05) is 159 Å². The van der Waals surface area contributed by atoms with Crippen LogP contribution in [0.15, 0.2) is 212 Å². The van der Waals surface area contributed by atoms with Crippen LogP contribution in [0.3, 0.4) is 0 Å². The topological polar surface area (TPSA) is 24.3 Å². The molecular weight excluding hydrogens is 948 g/mol. The molecule has 2 aromatic heterocycles. The van der Waals surface area contributed by atoms with E-state index in [1.54, 1.807) is 0 Å². The molecule has 5 heteroatoms. The summed E-state index contributed by atoms with van der Waals surface area (Å²) < 4.78 is 2.30. The molecule has 8 aromatic carbocycles. The maximum absolute atomic E-state index is 5.08. The predicted octanol–water partition coefficient (Wildman–Crippen LogP) is 14.2. The SMILES string of the molecule is CC(C)c1ccccc1-c1ccnc(-n2c3[c-]c(C(c4[c-]c(N5CN(c6ccccc6)c6ccccc65)ccc4)(c4ccccc4)c4ccccc4)ccc3c3ccccc32)c1.[Pt+2]. The Morgan fingerprint density at radius 3 is 1.89 bits per heavy atom. The van der Waals surface area contributed by atoms with Crippen LogP contribution in [0.25, 0.3) is 38.8 Å². The molecule has 306 valence electrons. The van der Waals surface area contributed by atoms with Gasteiger partial charge in [-0.15, -0.1) is 22.6 Å². The summed E-state index contributed by atoms with van der Waals surface area (Å²) in [5.41, 5.74) is 13.8. The number of hydrogen-bond acceptors (Lipinski definition) is 3. The Labute approximate surface area is 384 Å². The number of anilines is 4. The average molecular weight is 992 g/mol. The molecule has 63 heavy (non-hydrogen) atoms. The fraction of sp³-hybridized carbons (Fsp3) is 0.0862. The number of aromatic nitrogens is 2. The van der Waals surface area contributed by atoms with Gasteiger partial charge in [0.15, 0.2) is 0 Å². The summed E-state index contributed by atoms with van der Waals surface area (Å²) in [5.74, 6) is 1.24. The molecule has 0 bridgehead atoms. The van der Waals surface area contributed by atoms with Crippen LogP contribution in [-0.4, -0.2) is 16.2 Å². The largest absolute Gasteiger partial charge is 2.00 e. The summed E-state index contributed by atoms with van der Waals surface area (Å²) in [6, 6.07) is 82.2. The number of fused-ring (bicyclic) bond motifs is 4. The molecule has 4 nitrogen and oxygen atoms in total. The van der Waals surface area contributed by atoms with E-state index < -0.39 is 5.41 Å². The van der Waals surface area contributed by atoms with Crippen molar-refractivity contribution in [2.45, 2.75) is 25.2 Å². The van der Waals surface area contributed by atoms with Crippen LogP contribution in [-0.2, 0) is 26.5 Å². The van der Waals surface area contributed by atoms with Gasteiger partial charge in [-0.2, -0.15) is 36.4 Å². The standard InChI is InChI=1S/C58H44N4.Pt/c1-41(2)49-27-12-13-28-50(49)42-35-36-59-57(37-42)62-53-30-15-14-29-51(53)52-34-33-46(39-56(52)62)58(43-19-6-3-7-20-43,44-21-8-4-9-22-44)45-23-18-26-48(38-45)61-40-60(47-24-10-5-11-25-47)54-31-16-17-32-55(54)61;/h3-37,41H,40H2,1-2H3;/q-2;+2. The van der Waals surface area contributed by atoms with Gasteiger partial charge in [0.1, 0.15) is 5.82 Å². The fourth-order valence-corrected chi connectivity index (χ4v) is 9.71. The summed E-state index contributed by atoms with van der Waals surface area (Å²) in [7, 11) is 0. The number of para-hydroxylation sites is 4. The van der Waals surface area contributed by atoms with Gasteiger partial charge in [0.25, 0.3) is 0 Å². The van der Waals surface area contributed by atoms with Gasteiger partial charge in [0, 0.05) is 22.8 Å².